The third-order valence-corrected chi connectivity index (χ3v) is 3.29. The minimum atomic E-state index is -1.05. The number of carboxylic acid groups (broad SMARTS) is 1. The van der Waals surface area contributed by atoms with E-state index in [1.807, 2.05) is 6.92 Å². The lowest BCUT2D eigenvalue weighted by Crippen LogP contribution is -2.22. The van der Waals surface area contributed by atoms with Crippen LogP contribution in [0.5, 0.6) is 5.75 Å². The number of nitrogens with one attached hydrogen (secondary N) is 1. The number of carboxylic acids is 1. The highest BCUT2D eigenvalue weighted by molar-refractivity contribution is 5.94. The summed E-state index contributed by atoms with van der Waals surface area (Å²) in [6.07, 6.45) is 0. The van der Waals surface area contributed by atoms with Gasteiger partial charge in [-0.1, -0.05) is 6.07 Å². The summed E-state index contributed by atoms with van der Waals surface area (Å²) >= 11 is 0. The van der Waals surface area contributed by atoms with Crippen molar-refractivity contribution in [2.75, 3.05) is 7.11 Å². The molecule has 0 bridgehead atoms. The highest BCUT2D eigenvalue weighted by Crippen LogP contribution is 2.19. The second kappa shape index (κ2) is 6.34. The fourth-order valence-corrected chi connectivity index (χ4v) is 2.07. The van der Waals surface area contributed by atoms with Gasteiger partial charge < -0.3 is 19.6 Å². The number of hydrogen-bond acceptors (Lipinski definition) is 4. The Labute approximate surface area is 127 Å². The predicted octanol–water partition coefficient (Wildman–Crippen LogP) is 2.53. The molecule has 0 unspecified atom stereocenters. The van der Waals surface area contributed by atoms with Gasteiger partial charge in [0.1, 0.15) is 22.8 Å². The second-order valence-electron chi connectivity index (χ2n) is 4.85. The lowest BCUT2D eigenvalue weighted by atomic mass is 10.1. The average Bonchev–Trinajstić information content (AvgIpc) is 2.86. The van der Waals surface area contributed by atoms with Gasteiger partial charge in [0, 0.05) is 5.56 Å². The zero-order valence-electron chi connectivity index (χ0n) is 12.6. The molecule has 1 amide bonds. The van der Waals surface area contributed by atoms with Gasteiger partial charge in [0.15, 0.2) is 0 Å². The Balaban J connectivity index is 2.07. The normalized spacial score (nSPS) is 10.3. The highest BCUT2D eigenvalue weighted by atomic mass is 16.5. The van der Waals surface area contributed by atoms with Gasteiger partial charge in [-0.2, -0.15) is 0 Å². The van der Waals surface area contributed by atoms with Crippen molar-refractivity contribution in [2.24, 2.45) is 0 Å². The fraction of sp³-hybridized carbons (Fsp3) is 0.250. The molecule has 116 valence electrons. The number of rotatable bonds is 5. The first kappa shape index (κ1) is 15.6. The van der Waals surface area contributed by atoms with Crippen molar-refractivity contribution >= 4 is 11.9 Å². The summed E-state index contributed by atoms with van der Waals surface area (Å²) in [5.74, 6) is -0.00272. The van der Waals surface area contributed by atoms with Crippen molar-refractivity contribution in [3.8, 4) is 5.75 Å². The minimum Gasteiger partial charge on any atom is -0.496 e. The molecule has 0 saturated carbocycles. The van der Waals surface area contributed by atoms with E-state index in [1.165, 1.54) is 6.07 Å². The molecular weight excluding hydrogens is 286 g/mol. The molecule has 0 fully saturated rings. The van der Waals surface area contributed by atoms with Crippen molar-refractivity contribution < 1.29 is 23.8 Å². The van der Waals surface area contributed by atoms with Gasteiger partial charge in [-0.25, -0.2) is 4.79 Å². The number of furan rings is 1. The molecule has 0 saturated heterocycles. The van der Waals surface area contributed by atoms with Gasteiger partial charge >= 0.3 is 5.97 Å². The zero-order chi connectivity index (χ0) is 16.3. The van der Waals surface area contributed by atoms with Crippen LogP contribution in [0.1, 0.15) is 37.8 Å². The van der Waals surface area contributed by atoms with Crippen LogP contribution >= 0.6 is 0 Å². The maximum atomic E-state index is 12.1. The number of aryl methyl sites for hydroxylation is 2. The third kappa shape index (κ3) is 3.28. The molecule has 1 heterocycles. The molecule has 0 aliphatic heterocycles. The number of carbonyl (C=O) groups is 2. The molecule has 6 nitrogen and oxygen atoms in total. The lowest BCUT2D eigenvalue weighted by Gasteiger charge is -2.08. The largest absolute Gasteiger partial charge is 0.496 e. The molecule has 1 aromatic carbocycles. The first-order valence-electron chi connectivity index (χ1n) is 6.67. The van der Waals surface area contributed by atoms with E-state index in [0.29, 0.717) is 22.8 Å². The van der Waals surface area contributed by atoms with Crippen LogP contribution in [-0.4, -0.2) is 24.1 Å². The lowest BCUT2D eigenvalue weighted by molar-refractivity contribution is 0.0694. The molecule has 0 spiro atoms. The van der Waals surface area contributed by atoms with Crippen molar-refractivity contribution in [1.29, 1.82) is 0 Å². The van der Waals surface area contributed by atoms with Gasteiger partial charge in [-0.05, 0) is 37.6 Å². The summed E-state index contributed by atoms with van der Waals surface area (Å²) in [7, 11) is 1.54. The van der Waals surface area contributed by atoms with Crippen LogP contribution in [-0.2, 0) is 6.54 Å². The van der Waals surface area contributed by atoms with E-state index in [1.54, 1.807) is 32.2 Å². The number of benzene rings is 1. The molecule has 22 heavy (non-hydrogen) atoms. The highest BCUT2D eigenvalue weighted by Gasteiger charge is 2.15. The van der Waals surface area contributed by atoms with Crippen molar-refractivity contribution in [3.63, 3.8) is 0 Å². The minimum absolute atomic E-state index is 0.0984. The van der Waals surface area contributed by atoms with Gasteiger partial charge in [0.05, 0.1) is 13.7 Å². The number of carbonyl (C=O) groups excluding carboxylic acids is 1. The average molecular weight is 303 g/mol. The van der Waals surface area contributed by atoms with Crippen LogP contribution in [0.4, 0.5) is 0 Å². The molecule has 1 aromatic heterocycles. The summed E-state index contributed by atoms with van der Waals surface area (Å²) in [6.45, 7) is 3.57. The van der Waals surface area contributed by atoms with E-state index in [9.17, 15) is 9.59 Å². The summed E-state index contributed by atoms with van der Waals surface area (Å²) in [5.41, 5.74) is 1.50. The van der Waals surface area contributed by atoms with Crippen LogP contribution in [0.2, 0.25) is 0 Å². The van der Waals surface area contributed by atoms with Gasteiger partial charge in [-0.15, -0.1) is 0 Å². The van der Waals surface area contributed by atoms with Crippen molar-refractivity contribution in [1.82, 2.24) is 5.32 Å². The molecule has 0 aliphatic rings. The SMILES string of the molecule is COc1cc(C(=O)NCc2cc(C(=O)O)c(C)o2)ccc1C. The summed E-state index contributed by atoms with van der Waals surface area (Å²) < 4.78 is 10.5. The summed E-state index contributed by atoms with van der Waals surface area (Å²) in [6, 6.07) is 6.56. The van der Waals surface area contributed by atoms with Crippen molar-refractivity contribution in [2.45, 2.75) is 20.4 Å². The standard InChI is InChI=1S/C16H17NO5/c1-9-4-5-11(6-14(9)21-3)15(18)17-8-12-7-13(16(19)20)10(2)22-12/h4-7H,8H2,1-3H3,(H,17,18)(H,19,20). The van der Waals surface area contributed by atoms with E-state index < -0.39 is 5.97 Å². The van der Waals surface area contributed by atoms with Crippen LogP contribution in [0.25, 0.3) is 0 Å². The Bertz CT molecular complexity index is 717. The molecule has 2 aromatic rings. The van der Waals surface area contributed by atoms with E-state index in [0.717, 1.165) is 5.56 Å². The molecule has 6 heteroatoms. The molecule has 2 rings (SSSR count). The molecule has 0 aliphatic carbocycles. The van der Waals surface area contributed by atoms with Crippen LogP contribution in [0, 0.1) is 13.8 Å². The first-order valence-corrected chi connectivity index (χ1v) is 6.67. The monoisotopic (exact) mass is 303 g/mol. The van der Waals surface area contributed by atoms with Crippen LogP contribution < -0.4 is 10.1 Å². The number of ether oxygens (including phenoxy) is 1. The smallest absolute Gasteiger partial charge is 0.339 e. The molecular formula is C16H17NO5. The van der Waals surface area contributed by atoms with Gasteiger partial charge in [0.25, 0.3) is 5.91 Å². The van der Waals surface area contributed by atoms with Crippen LogP contribution in [0.15, 0.2) is 28.7 Å². The van der Waals surface area contributed by atoms with Crippen LogP contribution in [0.3, 0.4) is 0 Å². The number of aromatic carboxylic acids is 1. The Kier molecular flexibility index (Phi) is 4.50. The van der Waals surface area contributed by atoms with E-state index in [2.05, 4.69) is 5.32 Å². The quantitative estimate of drug-likeness (QED) is 0.886. The molecule has 2 N–H and O–H groups in total. The zero-order valence-corrected chi connectivity index (χ0v) is 12.6. The number of hydrogen-bond donors (Lipinski definition) is 2. The van der Waals surface area contributed by atoms with Gasteiger partial charge in [-0.3, -0.25) is 4.79 Å². The third-order valence-electron chi connectivity index (χ3n) is 3.29. The maximum Gasteiger partial charge on any atom is 0.339 e. The van der Waals surface area contributed by atoms with E-state index in [-0.39, 0.29) is 18.0 Å². The molecule has 0 atom stereocenters. The fourth-order valence-electron chi connectivity index (χ4n) is 2.07. The molecule has 0 radical (unpaired) electrons. The van der Waals surface area contributed by atoms with Gasteiger partial charge in [0.2, 0.25) is 0 Å². The van der Waals surface area contributed by atoms with Crippen molar-refractivity contribution in [3.05, 3.63) is 52.5 Å². The first-order chi connectivity index (χ1) is 10.4. The summed E-state index contributed by atoms with van der Waals surface area (Å²) in [5, 5.41) is 11.6. The Morgan fingerprint density at radius 3 is 2.59 bits per heavy atom. The maximum absolute atomic E-state index is 12.1. The Hall–Kier alpha value is -2.76. The number of methoxy groups -OCH3 is 1. The van der Waals surface area contributed by atoms with E-state index in [4.69, 9.17) is 14.3 Å². The summed E-state index contributed by atoms with van der Waals surface area (Å²) in [4.78, 5) is 23.0. The van der Waals surface area contributed by atoms with E-state index >= 15 is 0 Å². The topological polar surface area (TPSA) is 88.8 Å². The Morgan fingerprint density at radius 1 is 1.27 bits per heavy atom. The predicted molar refractivity (Wildman–Crippen MR) is 79.3 cm³/mol. The number of amides is 1. The Morgan fingerprint density at radius 2 is 2.00 bits per heavy atom. The second-order valence-corrected chi connectivity index (χ2v) is 4.85.